The normalized spacial score (nSPS) is 11.6. The van der Waals surface area contributed by atoms with Gasteiger partial charge in [0, 0.05) is 6.07 Å². The number of hydrogen-bond acceptors (Lipinski definition) is 3. The summed E-state index contributed by atoms with van der Waals surface area (Å²) in [6.45, 7) is 3.96. The average Bonchev–Trinajstić information content (AvgIpc) is 2.41. The van der Waals surface area contributed by atoms with Gasteiger partial charge in [-0.3, -0.25) is 0 Å². The second-order valence-corrected chi connectivity index (χ2v) is 4.34. The van der Waals surface area contributed by atoms with E-state index in [-0.39, 0.29) is 0 Å². The van der Waals surface area contributed by atoms with Gasteiger partial charge in [-0.2, -0.15) is 5.26 Å². The molecular weight excluding hydrogens is 226 g/mol. The molecule has 0 bridgehead atoms. The van der Waals surface area contributed by atoms with Gasteiger partial charge < -0.3 is 9.47 Å². The Hall–Kier alpha value is -2.47. The lowest BCUT2D eigenvalue weighted by atomic mass is 10.1. The molecule has 0 aliphatic carbocycles. The average molecular weight is 237 g/mol. The minimum Gasteiger partial charge on any atom is -0.449 e. The summed E-state index contributed by atoms with van der Waals surface area (Å²) in [5.74, 6) is 2.73. The molecule has 0 fully saturated rings. The van der Waals surface area contributed by atoms with Crippen molar-refractivity contribution in [2.75, 3.05) is 0 Å². The molecule has 88 valence electrons. The van der Waals surface area contributed by atoms with Crippen LogP contribution in [0.3, 0.4) is 0 Å². The number of ether oxygens (including phenoxy) is 2. The molecule has 0 saturated heterocycles. The van der Waals surface area contributed by atoms with Gasteiger partial charge in [-0.05, 0) is 37.1 Å². The first-order chi connectivity index (χ1) is 8.69. The van der Waals surface area contributed by atoms with Crippen molar-refractivity contribution in [3.05, 3.63) is 47.0 Å². The van der Waals surface area contributed by atoms with Crippen LogP contribution in [0.5, 0.6) is 23.0 Å². The lowest BCUT2D eigenvalue weighted by Crippen LogP contribution is -2.02. The lowest BCUT2D eigenvalue weighted by Gasteiger charge is -2.23. The van der Waals surface area contributed by atoms with E-state index in [1.807, 2.05) is 26.0 Å². The fourth-order valence-corrected chi connectivity index (χ4v) is 1.97. The van der Waals surface area contributed by atoms with Crippen LogP contribution in [0.1, 0.15) is 16.7 Å². The zero-order valence-electron chi connectivity index (χ0n) is 10.2. The summed E-state index contributed by atoms with van der Waals surface area (Å²) in [6, 6.07) is 11.3. The predicted molar refractivity (Wildman–Crippen MR) is 67.2 cm³/mol. The maximum absolute atomic E-state index is 8.89. The second-order valence-electron chi connectivity index (χ2n) is 4.34. The number of benzene rings is 2. The number of aryl methyl sites for hydroxylation is 2. The molecule has 0 spiro atoms. The van der Waals surface area contributed by atoms with Crippen molar-refractivity contribution >= 4 is 0 Å². The standard InChI is InChI=1S/C15H11NO2/c1-9-3-4-10(2)15-14(9)17-12-6-5-11(8-16)7-13(12)18-15/h3-7H,1-2H3. The maximum Gasteiger partial charge on any atom is 0.173 e. The summed E-state index contributed by atoms with van der Waals surface area (Å²) in [7, 11) is 0. The fourth-order valence-electron chi connectivity index (χ4n) is 1.97. The van der Waals surface area contributed by atoms with Crippen LogP contribution in [-0.2, 0) is 0 Å². The van der Waals surface area contributed by atoms with Gasteiger partial charge in [0.05, 0.1) is 11.6 Å². The van der Waals surface area contributed by atoms with Crippen molar-refractivity contribution in [3.63, 3.8) is 0 Å². The summed E-state index contributed by atoms with van der Waals surface area (Å²) >= 11 is 0. The molecule has 0 unspecified atom stereocenters. The van der Waals surface area contributed by atoms with Crippen LogP contribution < -0.4 is 9.47 Å². The summed E-state index contributed by atoms with van der Waals surface area (Å²) < 4.78 is 11.7. The van der Waals surface area contributed by atoms with Gasteiger partial charge in [0.2, 0.25) is 0 Å². The van der Waals surface area contributed by atoms with Crippen molar-refractivity contribution in [3.8, 4) is 29.1 Å². The molecule has 1 heterocycles. The van der Waals surface area contributed by atoms with Gasteiger partial charge in [0.25, 0.3) is 0 Å². The molecule has 2 aromatic rings. The minimum atomic E-state index is 0.561. The van der Waals surface area contributed by atoms with Crippen LogP contribution >= 0.6 is 0 Å². The molecule has 1 aliphatic rings. The molecule has 0 N–H and O–H groups in total. The Kier molecular flexibility index (Phi) is 2.24. The topological polar surface area (TPSA) is 42.2 Å². The van der Waals surface area contributed by atoms with Crippen molar-refractivity contribution < 1.29 is 9.47 Å². The minimum absolute atomic E-state index is 0.561. The Morgan fingerprint density at radius 3 is 2.11 bits per heavy atom. The Morgan fingerprint density at radius 2 is 1.50 bits per heavy atom. The van der Waals surface area contributed by atoms with Crippen molar-refractivity contribution in [1.82, 2.24) is 0 Å². The largest absolute Gasteiger partial charge is 0.449 e. The zero-order valence-corrected chi connectivity index (χ0v) is 10.2. The molecule has 18 heavy (non-hydrogen) atoms. The predicted octanol–water partition coefficient (Wildman–Crippen LogP) is 4.07. The summed E-state index contributed by atoms with van der Waals surface area (Å²) in [5, 5.41) is 8.89. The van der Waals surface area contributed by atoms with Crippen LogP contribution in [0.2, 0.25) is 0 Å². The van der Waals surface area contributed by atoms with Gasteiger partial charge in [-0.25, -0.2) is 0 Å². The fraction of sp³-hybridized carbons (Fsp3) is 0.133. The molecule has 0 atom stereocenters. The first-order valence-electron chi connectivity index (χ1n) is 5.69. The van der Waals surface area contributed by atoms with Crippen LogP contribution in [0.25, 0.3) is 0 Å². The van der Waals surface area contributed by atoms with Gasteiger partial charge in [-0.1, -0.05) is 12.1 Å². The quantitative estimate of drug-likeness (QED) is 0.591. The SMILES string of the molecule is Cc1ccc(C)c2c1Oc1ccc(C#N)cc1O2. The van der Waals surface area contributed by atoms with Crippen LogP contribution in [0.15, 0.2) is 30.3 Å². The molecule has 3 rings (SSSR count). The summed E-state index contributed by atoms with van der Waals surface area (Å²) in [5.41, 5.74) is 2.61. The molecule has 0 amide bonds. The summed E-state index contributed by atoms with van der Waals surface area (Å²) in [6.07, 6.45) is 0. The summed E-state index contributed by atoms with van der Waals surface area (Å²) in [4.78, 5) is 0. The van der Waals surface area contributed by atoms with Gasteiger partial charge in [0.15, 0.2) is 23.0 Å². The van der Waals surface area contributed by atoms with Gasteiger partial charge >= 0.3 is 0 Å². The highest BCUT2D eigenvalue weighted by atomic mass is 16.6. The van der Waals surface area contributed by atoms with Crippen molar-refractivity contribution in [2.24, 2.45) is 0 Å². The van der Waals surface area contributed by atoms with E-state index in [4.69, 9.17) is 14.7 Å². The van der Waals surface area contributed by atoms with E-state index in [1.165, 1.54) is 0 Å². The molecule has 0 saturated carbocycles. The van der Waals surface area contributed by atoms with Crippen molar-refractivity contribution in [2.45, 2.75) is 13.8 Å². The highest BCUT2D eigenvalue weighted by molar-refractivity contribution is 5.61. The monoisotopic (exact) mass is 237 g/mol. The van der Waals surface area contributed by atoms with E-state index in [0.717, 1.165) is 22.6 Å². The van der Waals surface area contributed by atoms with E-state index in [0.29, 0.717) is 17.1 Å². The number of hydrogen-bond donors (Lipinski definition) is 0. The van der Waals surface area contributed by atoms with Crippen LogP contribution in [-0.4, -0.2) is 0 Å². The highest BCUT2D eigenvalue weighted by Crippen LogP contribution is 2.48. The highest BCUT2D eigenvalue weighted by Gasteiger charge is 2.22. The molecule has 1 aliphatic heterocycles. The third kappa shape index (κ3) is 1.51. The Balaban J connectivity index is 2.15. The Labute approximate surface area is 105 Å². The third-order valence-electron chi connectivity index (χ3n) is 3.00. The first kappa shape index (κ1) is 10.7. The lowest BCUT2D eigenvalue weighted by molar-refractivity contribution is 0.355. The third-order valence-corrected chi connectivity index (χ3v) is 3.00. The number of fused-ring (bicyclic) bond motifs is 2. The molecular formula is C15H11NO2. The van der Waals surface area contributed by atoms with E-state index in [1.54, 1.807) is 18.2 Å². The van der Waals surface area contributed by atoms with E-state index >= 15 is 0 Å². The zero-order chi connectivity index (χ0) is 12.7. The van der Waals surface area contributed by atoms with Gasteiger partial charge in [-0.15, -0.1) is 0 Å². The van der Waals surface area contributed by atoms with Crippen LogP contribution in [0, 0.1) is 25.2 Å². The Morgan fingerprint density at radius 1 is 0.889 bits per heavy atom. The van der Waals surface area contributed by atoms with Crippen LogP contribution in [0.4, 0.5) is 0 Å². The number of nitrogens with zero attached hydrogens (tertiary/aromatic N) is 1. The molecule has 0 radical (unpaired) electrons. The van der Waals surface area contributed by atoms with E-state index in [2.05, 4.69) is 6.07 Å². The first-order valence-corrected chi connectivity index (χ1v) is 5.69. The van der Waals surface area contributed by atoms with Crippen molar-refractivity contribution in [1.29, 1.82) is 5.26 Å². The van der Waals surface area contributed by atoms with E-state index in [9.17, 15) is 0 Å². The van der Waals surface area contributed by atoms with Gasteiger partial charge in [0.1, 0.15) is 0 Å². The maximum atomic E-state index is 8.89. The second kappa shape index (κ2) is 3.78. The molecule has 0 aromatic heterocycles. The Bertz CT molecular complexity index is 684. The molecule has 3 heteroatoms. The van der Waals surface area contributed by atoms with E-state index < -0.39 is 0 Å². The smallest absolute Gasteiger partial charge is 0.173 e. The number of nitriles is 1. The number of rotatable bonds is 0. The molecule has 3 nitrogen and oxygen atoms in total. The molecule has 2 aromatic carbocycles.